The van der Waals surface area contributed by atoms with Gasteiger partial charge in [0.2, 0.25) is 0 Å². The molecule has 0 fully saturated rings. The molecule has 4 nitrogen and oxygen atoms in total. The van der Waals surface area contributed by atoms with Crippen molar-refractivity contribution >= 4 is 16.6 Å². The van der Waals surface area contributed by atoms with Crippen molar-refractivity contribution in [2.24, 2.45) is 0 Å². The number of hydrogen-bond donors (Lipinski definition) is 0. The zero-order chi connectivity index (χ0) is 12.7. The minimum Gasteiger partial charge on any atom is -0.297 e. The molecule has 3 aromatic heterocycles. The lowest BCUT2D eigenvalue weighted by atomic mass is 10.1. The summed E-state index contributed by atoms with van der Waals surface area (Å²) in [6.07, 6.45) is 9.12. The number of fused-ring (bicyclic) bond motifs is 2. The molecule has 4 rings (SSSR count). The Balaban J connectivity index is 1.99. The van der Waals surface area contributed by atoms with Gasteiger partial charge >= 0.3 is 0 Å². The van der Waals surface area contributed by atoms with Gasteiger partial charge < -0.3 is 0 Å². The van der Waals surface area contributed by atoms with Gasteiger partial charge in [-0.15, -0.1) is 0 Å². The van der Waals surface area contributed by atoms with E-state index in [9.17, 15) is 0 Å². The van der Waals surface area contributed by atoms with Crippen LogP contribution in [0, 0.1) is 0 Å². The lowest BCUT2D eigenvalue weighted by molar-refractivity contribution is 1.13. The third-order valence-electron chi connectivity index (χ3n) is 3.22. The molecule has 0 aliphatic rings. The molecule has 0 unspecified atom stereocenters. The Morgan fingerprint density at radius 2 is 1.95 bits per heavy atom. The Kier molecular flexibility index (Phi) is 2.08. The highest BCUT2D eigenvalue weighted by Gasteiger charge is 2.06. The molecule has 19 heavy (non-hydrogen) atoms. The second kappa shape index (κ2) is 3.88. The molecule has 0 atom stereocenters. The molecule has 0 saturated heterocycles. The third kappa shape index (κ3) is 1.57. The van der Waals surface area contributed by atoms with Crippen LogP contribution in [0.25, 0.3) is 27.8 Å². The van der Waals surface area contributed by atoms with Crippen LogP contribution in [0.2, 0.25) is 0 Å². The minimum absolute atomic E-state index is 0.851. The van der Waals surface area contributed by atoms with Crippen molar-refractivity contribution in [2.75, 3.05) is 0 Å². The monoisotopic (exact) mass is 246 g/mol. The molecule has 0 amide bonds. The second-order valence-corrected chi connectivity index (χ2v) is 4.36. The normalized spacial score (nSPS) is 11.2. The molecular weight excluding hydrogens is 236 g/mol. The predicted octanol–water partition coefficient (Wildman–Crippen LogP) is 2.94. The van der Waals surface area contributed by atoms with Gasteiger partial charge in [0, 0.05) is 29.5 Å². The SMILES string of the molecule is c1cnc2ccc(-c3cnc4cnccn34)cc2c1. The summed E-state index contributed by atoms with van der Waals surface area (Å²) in [5, 5.41) is 1.13. The Bertz CT molecular complexity index is 879. The number of nitrogens with zero attached hydrogens (tertiary/aromatic N) is 4. The predicted molar refractivity (Wildman–Crippen MR) is 73.7 cm³/mol. The van der Waals surface area contributed by atoms with E-state index in [-0.39, 0.29) is 0 Å². The molecule has 0 spiro atoms. The number of imidazole rings is 1. The van der Waals surface area contributed by atoms with Crippen LogP contribution in [0.4, 0.5) is 0 Å². The summed E-state index contributed by atoms with van der Waals surface area (Å²) in [5.41, 5.74) is 4.04. The van der Waals surface area contributed by atoms with Crippen molar-refractivity contribution in [1.29, 1.82) is 0 Å². The molecule has 0 aliphatic heterocycles. The van der Waals surface area contributed by atoms with Crippen LogP contribution < -0.4 is 0 Å². The first-order chi connectivity index (χ1) is 9.42. The van der Waals surface area contributed by atoms with E-state index in [4.69, 9.17) is 0 Å². The van der Waals surface area contributed by atoms with Crippen molar-refractivity contribution in [1.82, 2.24) is 19.4 Å². The molecule has 0 aliphatic carbocycles. The molecule has 0 N–H and O–H groups in total. The van der Waals surface area contributed by atoms with E-state index >= 15 is 0 Å². The maximum atomic E-state index is 4.36. The van der Waals surface area contributed by atoms with Gasteiger partial charge in [0.25, 0.3) is 0 Å². The van der Waals surface area contributed by atoms with Crippen molar-refractivity contribution in [2.45, 2.75) is 0 Å². The molecule has 0 radical (unpaired) electrons. The first-order valence-corrected chi connectivity index (χ1v) is 6.04. The van der Waals surface area contributed by atoms with E-state index in [2.05, 4.69) is 33.2 Å². The van der Waals surface area contributed by atoms with Crippen LogP contribution >= 0.6 is 0 Å². The van der Waals surface area contributed by atoms with Crippen molar-refractivity contribution in [3.63, 3.8) is 0 Å². The number of aromatic nitrogens is 4. The smallest absolute Gasteiger partial charge is 0.155 e. The maximum absolute atomic E-state index is 4.36. The highest BCUT2D eigenvalue weighted by atomic mass is 15.0. The van der Waals surface area contributed by atoms with E-state index < -0.39 is 0 Å². The fraction of sp³-hybridized carbons (Fsp3) is 0. The van der Waals surface area contributed by atoms with Crippen LogP contribution in [0.1, 0.15) is 0 Å². The van der Waals surface area contributed by atoms with Crippen LogP contribution in [0.3, 0.4) is 0 Å². The molecule has 90 valence electrons. The highest BCUT2D eigenvalue weighted by molar-refractivity contribution is 5.83. The molecule has 1 aromatic carbocycles. The quantitative estimate of drug-likeness (QED) is 0.518. The number of benzene rings is 1. The van der Waals surface area contributed by atoms with Gasteiger partial charge in [-0.1, -0.05) is 12.1 Å². The number of rotatable bonds is 1. The van der Waals surface area contributed by atoms with Gasteiger partial charge in [-0.25, -0.2) is 4.98 Å². The summed E-state index contributed by atoms with van der Waals surface area (Å²) < 4.78 is 2.03. The van der Waals surface area contributed by atoms with Gasteiger partial charge in [-0.05, 0) is 18.2 Å². The maximum Gasteiger partial charge on any atom is 0.155 e. The summed E-state index contributed by atoms with van der Waals surface area (Å²) >= 11 is 0. The Labute approximate surface area is 109 Å². The second-order valence-electron chi connectivity index (χ2n) is 4.36. The van der Waals surface area contributed by atoms with Gasteiger partial charge in [0.05, 0.1) is 23.6 Å². The van der Waals surface area contributed by atoms with Gasteiger partial charge in [0.1, 0.15) is 0 Å². The zero-order valence-corrected chi connectivity index (χ0v) is 10.1. The van der Waals surface area contributed by atoms with Gasteiger partial charge in [-0.3, -0.25) is 14.4 Å². The van der Waals surface area contributed by atoms with E-state index in [1.807, 2.05) is 35.1 Å². The molecular formula is C15H10N4. The van der Waals surface area contributed by atoms with Gasteiger partial charge in [0.15, 0.2) is 5.65 Å². The minimum atomic E-state index is 0.851. The fourth-order valence-electron chi connectivity index (χ4n) is 2.29. The summed E-state index contributed by atoms with van der Waals surface area (Å²) in [4.78, 5) is 12.8. The van der Waals surface area contributed by atoms with E-state index in [1.165, 1.54) is 0 Å². The molecule has 3 heterocycles. The largest absolute Gasteiger partial charge is 0.297 e. The zero-order valence-electron chi connectivity index (χ0n) is 10.1. The standard InChI is InChI=1S/C15H10N4/c1-2-11-8-12(3-4-13(11)17-5-1)14-9-18-15-10-16-6-7-19(14)15/h1-10H. The number of pyridine rings is 1. The Hall–Kier alpha value is -2.75. The number of hydrogen-bond acceptors (Lipinski definition) is 3. The van der Waals surface area contributed by atoms with Crippen LogP contribution in [-0.4, -0.2) is 19.4 Å². The summed E-state index contributed by atoms with van der Waals surface area (Å²) in [6, 6.07) is 10.2. The summed E-state index contributed by atoms with van der Waals surface area (Å²) in [5.74, 6) is 0. The molecule has 4 heteroatoms. The lowest BCUT2D eigenvalue weighted by Crippen LogP contribution is -1.88. The molecule has 4 aromatic rings. The topological polar surface area (TPSA) is 43.1 Å². The Morgan fingerprint density at radius 3 is 2.95 bits per heavy atom. The first-order valence-electron chi connectivity index (χ1n) is 6.04. The summed E-state index contributed by atoms with van der Waals surface area (Å²) in [6.45, 7) is 0. The highest BCUT2D eigenvalue weighted by Crippen LogP contribution is 2.23. The van der Waals surface area contributed by atoms with Crippen LogP contribution in [0.5, 0.6) is 0 Å². The lowest BCUT2D eigenvalue weighted by Gasteiger charge is -2.03. The first kappa shape index (κ1) is 10.2. The van der Waals surface area contributed by atoms with E-state index in [1.54, 1.807) is 12.4 Å². The Morgan fingerprint density at radius 1 is 0.947 bits per heavy atom. The summed E-state index contributed by atoms with van der Waals surface area (Å²) in [7, 11) is 0. The van der Waals surface area contributed by atoms with Crippen molar-refractivity contribution < 1.29 is 0 Å². The van der Waals surface area contributed by atoms with Crippen LogP contribution in [0.15, 0.2) is 61.3 Å². The van der Waals surface area contributed by atoms with Crippen molar-refractivity contribution in [3.8, 4) is 11.3 Å². The van der Waals surface area contributed by atoms with E-state index in [0.717, 1.165) is 27.8 Å². The van der Waals surface area contributed by atoms with Crippen molar-refractivity contribution in [3.05, 3.63) is 61.3 Å². The van der Waals surface area contributed by atoms with Gasteiger partial charge in [-0.2, -0.15) is 0 Å². The average Bonchev–Trinajstić information content (AvgIpc) is 2.91. The van der Waals surface area contributed by atoms with Crippen LogP contribution in [-0.2, 0) is 0 Å². The average molecular weight is 246 g/mol. The van der Waals surface area contributed by atoms with E-state index in [0.29, 0.717) is 0 Å². The fourth-order valence-corrected chi connectivity index (χ4v) is 2.29. The molecule has 0 saturated carbocycles. The third-order valence-corrected chi connectivity index (χ3v) is 3.22. The molecule has 0 bridgehead atoms.